The fraction of sp³-hybridized carbons (Fsp3) is 0.455. The highest BCUT2D eigenvalue weighted by atomic mass is 32.2. The van der Waals surface area contributed by atoms with Crippen molar-refractivity contribution in [2.75, 3.05) is 19.7 Å². The molecule has 0 saturated heterocycles. The summed E-state index contributed by atoms with van der Waals surface area (Å²) >= 11 is 0. The van der Waals surface area contributed by atoms with E-state index in [1.807, 2.05) is 0 Å². The van der Waals surface area contributed by atoms with Crippen LogP contribution in [0.25, 0.3) is 0 Å². The van der Waals surface area contributed by atoms with Crippen LogP contribution in [0.4, 0.5) is 17.6 Å². The van der Waals surface area contributed by atoms with Crippen LogP contribution in [0.1, 0.15) is 5.56 Å². The summed E-state index contributed by atoms with van der Waals surface area (Å²) in [5.41, 5.74) is 0.390. The summed E-state index contributed by atoms with van der Waals surface area (Å²) in [6.07, 6.45) is -4.79. The number of aliphatic hydroxyl groups is 1. The van der Waals surface area contributed by atoms with Crippen molar-refractivity contribution >= 4 is 10.0 Å². The molecule has 0 fully saturated rings. The molecular formula is C11H13F4NO3S. The highest BCUT2D eigenvalue weighted by Crippen LogP contribution is 2.24. The van der Waals surface area contributed by atoms with Gasteiger partial charge < -0.3 is 5.11 Å². The molecule has 0 saturated carbocycles. The van der Waals surface area contributed by atoms with Crippen molar-refractivity contribution < 1.29 is 31.1 Å². The Balaban J connectivity index is 3.26. The van der Waals surface area contributed by atoms with Gasteiger partial charge >= 0.3 is 6.18 Å². The van der Waals surface area contributed by atoms with Crippen LogP contribution in [0.2, 0.25) is 0 Å². The maximum atomic E-state index is 13.5. The standard InChI is InChI=1S/C11H13F4NO3S/c1-8-2-3-9(12)10(6-8)20(18,19)16(4-5-17)7-11(13,14)15/h2-3,6,17H,4-5,7H2,1H3. The second-order valence-electron chi connectivity index (χ2n) is 4.11. The van der Waals surface area contributed by atoms with Crippen LogP contribution in [0, 0.1) is 12.7 Å². The molecule has 1 aromatic carbocycles. The Kier molecular flexibility index (Phi) is 5.11. The van der Waals surface area contributed by atoms with Crippen molar-refractivity contribution in [3.63, 3.8) is 0 Å². The summed E-state index contributed by atoms with van der Waals surface area (Å²) in [7, 11) is -4.67. The zero-order valence-electron chi connectivity index (χ0n) is 10.5. The summed E-state index contributed by atoms with van der Waals surface area (Å²) < 4.78 is 74.8. The Morgan fingerprint density at radius 1 is 1.30 bits per heavy atom. The molecule has 1 N–H and O–H groups in total. The number of halogens is 4. The lowest BCUT2D eigenvalue weighted by Gasteiger charge is -2.22. The Labute approximate surface area is 113 Å². The first kappa shape index (κ1) is 16.9. The van der Waals surface area contributed by atoms with Crippen LogP contribution in [0.15, 0.2) is 23.1 Å². The third-order valence-electron chi connectivity index (χ3n) is 2.41. The quantitative estimate of drug-likeness (QED) is 0.841. The van der Waals surface area contributed by atoms with Gasteiger partial charge in [-0.2, -0.15) is 17.5 Å². The number of aryl methyl sites for hydroxylation is 1. The molecule has 1 aromatic rings. The van der Waals surface area contributed by atoms with Gasteiger partial charge in [-0.15, -0.1) is 0 Å². The topological polar surface area (TPSA) is 57.6 Å². The third-order valence-corrected chi connectivity index (χ3v) is 4.27. The second-order valence-corrected chi connectivity index (χ2v) is 6.02. The van der Waals surface area contributed by atoms with Crippen LogP contribution in [0.5, 0.6) is 0 Å². The monoisotopic (exact) mass is 315 g/mol. The number of hydrogen-bond donors (Lipinski definition) is 1. The van der Waals surface area contributed by atoms with E-state index >= 15 is 0 Å². The zero-order chi connectivity index (χ0) is 15.6. The van der Waals surface area contributed by atoms with Gasteiger partial charge in [-0.25, -0.2) is 12.8 Å². The van der Waals surface area contributed by atoms with Gasteiger partial charge in [-0.3, -0.25) is 0 Å². The lowest BCUT2D eigenvalue weighted by molar-refractivity contribution is -0.136. The predicted molar refractivity (Wildman–Crippen MR) is 63.0 cm³/mol. The van der Waals surface area contributed by atoms with Crippen molar-refractivity contribution in [3.05, 3.63) is 29.6 Å². The molecule has 4 nitrogen and oxygen atoms in total. The lowest BCUT2D eigenvalue weighted by Crippen LogP contribution is -2.40. The number of alkyl halides is 3. The van der Waals surface area contributed by atoms with Gasteiger partial charge in [0.05, 0.1) is 6.61 Å². The van der Waals surface area contributed by atoms with E-state index in [-0.39, 0.29) is 4.31 Å². The Hall–Kier alpha value is -1.19. The van der Waals surface area contributed by atoms with Crippen LogP contribution < -0.4 is 0 Å². The SMILES string of the molecule is Cc1ccc(F)c(S(=O)(=O)N(CCO)CC(F)(F)F)c1. The van der Waals surface area contributed by atoms with E-state index in [0.717, 1.165) is 12.1 Å². The van der Waals surface area contributed by atoms with Gasteiger partial charge in [0.25, 0.3) is 0 Å². The van der Waals surface area contributed by atoms with E-state index in [0.29, 0.717) is 5.56 Å². The molecule has 0 aliphatic heterocycles. The second kappa shape index (κ2) is 6.06. The summed E-state index contributed by atoms with van der Waals surface area (Å²) in [5, 5.41) is 8.70. The van der Waals surface area contributed by atoms with E-state index in [2.05, 4.69) is 0 Å². The third kappa shape index (κ3) is 4.15. The van der Waals surface area contributed by atoms with Crippen molar-refractivity contribution in [3.8, 4) is 0 Å². The summed E-state index contributed by atoms with van der Waals surface area (Å²) in [6, 6.07) is 3.12. The fourth-order valence-corrected chi connectivity index (χ4v) is 3.11. The van der Waals surface area contributed by atoms with Crippen LogP contribution in [-0.2, 0) is 10.0 Å². The Bertz CT molecular complexity index is 572. The maximum absolute atomic E-state index is 13.5. The van der Waals surface area contributed by atoms with E-state index in [4.69, 9.17) is 5.11 Å². The molecular weight excluding hydrogens is 302 g/mol. The molecule has 0 atom stereocenters. The van der Waals surface area contributed by atoms with Crippen LogP contribution in [0.3, 0.4) is 0 Å². The normalized spacial score (nSPS) is 12.9. The van der Waals surface area contributed by atoms with Gasteiger partial charge in [-0.05, 0) is 24.6 Å². The number of sulfonamides is 1. The molecule has 0 aromatic heterocycles. The first-order chi connectivity index (χ1) is 9.08. The van der Waals surface area contributed by atoms with E-state index in [9.17, 15) is 26.0 Å². The van der Waals surface area contributed by atoms with Crippen LogP contribution >= 0.6 is 0 Å². The molecule has 0 amide bonds. The smallest absolute Gasteiger partial charge is 0.395 e. The van der Waals surface area contributed by atoms with Gasteiger partial charge in [0.2, 0.25) is 10.0 Å². The van der Waals surface area contributed by atoms with Gasteiger partial charge in [0, 0.05) is 6.54 Å². The average molecular weight is 315 g/mol. The molecule has 0 aliphatic carbocycles. The highest BCUT2D eigenvalue weighted by molar-refractivity contribution is 7.89. The summed E-state index contributed by atoms with van der Waals surface area (Å²) in [5.74, 6) is -1.14. The first-order valence-electron chi connectivity index (χ1n) is 5.52. The van der Waals surface area contributed by atoms with E-state index < -0.39 is 46.6 Å². The van der Waals surface area contributed by atoms with Crippen molar-refractivity contribution in [2.24, 2.45) is 0 Å². The molecule has 0 bridgehead atoms. The molecule has 0 unspecified atom stereocenters. The highest BCUT2D eigenvalue weighted by Gasteiger charge is 2.37. The van der Waals surface area contributed by atoms with Gasteiger partial charge in [0.1, 0.15) is 17.3 Å². The number of nitrogens with zero attached hydrogens (tertiary/aromatic N) is 1. The van der Waals surface area contributed by atoms with Crippen LogP contribution in [-0.4, -0.2) is 43.7 Å². The molecule has 20 heavy (non-hydrogen) atoms. The Morgan fingerprint density at radius 2 is 1.90 bits per heavy atom. The largest absolute Gasteiger partial charge is 0.402 e. The van der Waals surface area contributed by atoms with Crippen molar-refractivity contribution in [2.45, 2.75) is 18.0 Å². The minimum absolute atomic E-state index is 0.00481. The molecule has 0 spiro atoms. The average Bonchev–Trinajstić information content (AvgIpc) is 2.30. The fourth-order valence-electron chi connectivity index (χ4n) is 1.54. The number of aliphatic hydroxyl groups excluding tert-OH is 1. The first-order valence-corrected chi connectivity index (χ1v) is 6.96. The minimum Gasteiger partial charge on any atom is -0.395 e. The lowest BCUT2D eigenvalue weighted by atomic mass is 10.2. The maximum Gasteiger partial charge on any atom is 0.402 e. The number of rotatable bonds is 5. The Morgan fingerprint density at radius 3 is 2.40 bits per heavy atom. The van der Waals surface area contributed by atoms with E-state index in [1.165, 1.54) is 13.0 Å². The number of benzene rings is 1. The molecule has 0 aliphatic rings. The molecule has 9 heteroatoms. The molecule has 0 radical (unpaired) electrons. The predicted octanol–water partition coefficient (Wildman–Crippen LogP) is 1.68. The summed E-state index contributed by atoms with van der Waals surface area (Å²) in [4.78, 5) is -0.838. The molecule has 114 valence electrons. The zero-order valence-corrected chi connectivity index (χ0v) is 11.3. The molecule has 0 heterocycles. The van der Waals surface area contributed by atoms with Gasteiger partial charge in [-0.1, -0.05) is 6.07 Å². The van der Waals surface area contributed by atoms with Crippen molar-refractivity contribution in [1.29, 1.82) is 0 Å². The summed E-state index contributed by atoms with van der Waals surface area (Å²) in [6.45, 7) is -1.88. The minimum atomic E-state index is -4.79. The van der Waals surface area contributed by atoms with Gasteiger partial charge in [0.15, 0.2) is 0 Å². The number of hydrogen-bond acceptors (Lipinski definition) is 3. The molecule has 1 rings (SSSR count). The van der Waals surface area contributed by atoms with Crippen molar-refractivity contribution in [1.82, 2.24) is 4.31 Å². The van der Waals surface area contributed by atoms with E-state index in [1.54, 1.807) is 0 Å².